The first-order valence-corrected chi connectivity index (χ1v) is 12.9. The third-order valence-electron chi connectivity index (χ3n) is 6.17. The van der Waals surface area contributed by atoms with Crippen molar-refractivity contribution in [3.63, 3.8) is 0 Å². The second kappa shape index (κ2) is 23.9. The van der Waals surface area contributed by atoms with Crippen molar-refractivity contribution in [2.45, 2.75) is 55.1 Å². The first kappa shape index (κ1) is 39.2. The number of carboxylic acid groups (broad SMARTS) is 2. The van der Waals surface area contributed by atoms with Crippen molar-refractivity contribution in [1.82, 2.24) is 14.7 Å². The number of likely N-dealkylation sites (N-methyl/N-ethyl adjacent to an activating group) is 2. The van der Waals surface area contributed by atoms with Crippen LogP contribution in [0, 0.1) is 10.7 Å². The molecule has 1 aromatic rings. The molecule has 0 unspecified atom stereocenters. The molecule has 15 heteroatoms. The smallest absolute Gasteiger partial charge is 0.373 e. The molecule has 3 atom stereocenters. The molecule has 1 aliphatic rings. The molecule has 2 N–H and O–H groups in total. The Morgan fingerprint density at radius 3 is 1.71 bits per heavy atom. The number of thiocyanates is 1. The Morgan fingerprint density at radius 1 is 0.878 bits per heavy atom. The van der Waals surface area contributed by atoms with Crippen molar-refractivity contribution in [2.24, 2.45) is 0 Å². The number of thioether (sulfide) groups is 1. The molecule has 1 saturated carbocycles. The zero-order chi connectivity index (χ0) is 31.8. The lowest BCUT2D eigenvalue weighted by atomic mass is 9.88. The van der Waals surface area contributed by atoms with Gasteiger partial charge in [0.15, 0.2) is 0 Å². The van der Waals surface area contributed by atoms with Gasteiger partial charge in [0, 0.05) is 29.6 Å². The van der Waals surface area contributed by atoms with E-state index in [9.17, 15) is 19.8 Å². The van der Waals surface area contributed by atoms with Crippen molar-refractivity contribution in [3.8, 4) is 5.40 Å². The summed E-state index contributed by atoms with van der Waals surface area (Å²) < 4.78 is 0. The standard InChI is InChI=1S/C23H34N4O4S.3CO2/c1-25(2)20-6-4-5-7-21(20)26(3)13-18(27(14-22(28)29)15-23(30)31)12-17-8-10-19(11-9-17)32-16-24;3*2-1-3/h8-11,18,20-21H,4-7,12-15H2,1-3H3,(H,28,29)(H,30,31);;;/t18-,20+,21+;;;/m1.../s1. The highest BCUT2D eigenvalue weighted by Gasteiger charge is 2.32. The minimum absolute atomic E-state index is 0.250. The van der Waals surface area contributed by atoms with Gasteiger partial charge in [-0.25, -0.2) is 0 Å². The van der Waals surface area contributed by atoms with E-state index in [1.165, 1.54) is 6.42 Å². The zero-order valence-corrected chi connectivity index (χ0v) is 23.9. The minimum Gasteiger partial charge on any atom is -0.480 e. The SMILES string of the molecule is CN(C)[C@H]1CCCC[C@@H]1N(C)C[C@@H](Cc1ccc(SC#N)cc1)N(CC(=O)O)CC(=O)O.O=C=O.O=C=O.O=C=O. The maximum absolute atomic E-state index is 11.5. The summed E-state index contributed by atoms with van der Waals surface area (Å²) in [5, 5.41) is 29.7. The van der Waals surface area contributed by atoms with E-state index in [1.54, 1.807) is 4.90 Å². The average molecular weight is 595 g/mol. The number of carbonyl (C=O) groups excluding carboxylic acids is 6. The molecule has 0 amide bonds. The highest BCUT2D eigenvalue weighted by molar-refractivity contribution is 8.03. The van der Waals surface area contributed by atoms with Gasteiger partial charge in [-0.15, -0.1) is 0 Å². The van der Waals surface area contributed by atoms with Gasteiger partial charge in [0.2, 0.25) is 0 Å². The number of carbonyl (C=O) groups is 2. The maximum Gasteiger partial charge on any atom is 0.373 e. The van der Waals surface area contributed by atoms with Gasteiger partial charge < -0.3 is 20.0 Å². The molecule has 14 nitrogen and oxygen atoms in total. The lowest BCUT2D eigenvalue weighted by molar-refractivity contribution is -0.193. The van der Waals surface area contributed by atoms with E-state index in [0.29, 0.717) is 25.0 Å². The van der Waals surface area contributed by atoms with Crippen molar-refractivity contribution < 1.29 is 48.6 Å². The van der Waals surface area contributed by atoms with Crippen LogP contribution in [0.4, 0.5) is 0 Å². The summed E-state index contributed by atoms with van der Waals surface area (Å²) in [5.41, 5.74) is 0.985. The summed E-state index contributed by atoms with van der Waals surface area (Å²) in [7, 11) is 6.25. The number of nitrogens with zero attached hydrogens (tertiary/aromatic N) is 4. The van der Waals surface area contributed by atoms with Gasteiger partial charge in [0.1, 0.15) is 5.40 Å². The predicted octanol–water partition coefficient (Wildman–Crippen LogP) is 0.696. The molecule has 2 rings (SSSR count). The molecule has 1 fully saturated rings. The molecule has 41 heavy (non-hydrogen) atoms. The Kier molecular flexibility index (Phi) is 22.8. The normalized spacial score (nSPS) is 16.0. The van der Waals surface area contributed by atoms with Crippen LogP contribution in [0.2, 0.25) is 0 Å². The number of aliphatic carboxylic acids is 2. The molecule has 1 aliphatic carbocycles. The van der Waals surface area contributed by atoms with Gasteiger partial charge in [0.25, 0.3) is 0 Å². The molecule has 0 spiro atoms. The molecule has 224 valence electrons. The molecule has 1 aromatic carbocycles. The lowest BCUT2D eigenvalue weighted by Crippen LogP contribution is -2.55. The van der Waals surface area contributed by atoms with Crippen LogP contribution in [-0.2, 0) is 44.8 Å². The third-order valence-corrected chi connectivity index (χ3v) is 6.77. The van der Waals surface area contributed by atoms with Gasteiger partial charge in [-0.3, -0.25) is 14.5 Å². The Morgan fingerprint density at radius 2 is 1.32 bits per heavy atom. The minimum atomic E-state index is -1.04. The Balaban J connectivity index is 0. The number of hydrogen-bond acceptors (Lipinski definition) is 13. The maximum atomic E-state index is 11.5. The van der Waals surface area contributed by atoms with Crippen molar-refractivity contribution in [2.75, 3.05) is 40.8 Å². The summed E-state index contributed by atoms with van der Waals surface area (Å²) in [5.74, 6) is -2.08. The van der Waals surface area contributed by atoms with Gasteiger partial charge in [-0.05, 0) is 69.9 Å². The summed E-state index contributed by atoms with van der Waals surface area (Å²) in [6.07, 6.45) is 5.84. The first-order valence-electron chi connectivity index (χ1n) is 12.1. The summed E-state index contributed by atoms with van der Waals surface area (Å²) in [4.78, 5) is 78.7. The number of benzene rings is 1. The summed E-state index contributed by atoms with van der Waals surface area (Å²) in [6.45, 7) is -0.0752. The third kappa shape index (κ3) is 18.1. The summed E-state index contributed by atoms with van der Waals surface area (Å²) >= 11 is 1.09. The van der Waals surface area contributed by atoms with Crippen molar-refractivity contribution in [3.05, 3.63) is 29.8 Å². The topological polar surface area (TPSA) is 211 Å². The van der Waals surface area contributed by atoms with E-state index >= 15 is 0 Å². The van der Waals surface area contributed by atoms with Crippen LogP contribution in [0.25, 0.3) is 0 Å². The van der Waals surface area contributed by atoms with Crippen LogP contribution in [0.15, 0.2) is 29.2 Å². The second-order valence-corrected chi connectivity index (χ2v) is 9.82. The molecular weight excluding hydrogens is 560 g/mol. The predicted molar refractivity (Wildman–Crippen MR) is 140 cm³/mol. The molecule has 0 radical (unpaired) electrons. The van der Waals surface area contributed by atoms with Gasteiger partial charge in [-0.2, -0.15) is 34.0 Å². The highest BCUT2D eigenvalue weighted by Crippen LogP contribution is 2.26. The van der Waals surface area contributed by atoms with Crippen LogP contribution in [0.1, 0.15) is 31.2 Å². The lowest BCUT2D eigenvalue weighted by Gasteiger charge is -2.43. The Labute approximate surface area is 241 Å². The Bertz CT molecular complexity index is 1010. The fraction of sp³-hybridized carbons (Fsp3) is 0.538. The quantitative estimate of drug-likeness (QED) is 0.252. The number of carboxylic acids is 2. The van der Waals surface area contributed by atoms with E-state index < -0.39 is 11.9 Å². The largest absolute Gasteiger partial charge is 0.480 e. The molecule has 0 saturated heterocycles. The number of nitriles is 1. The van der Waals surface area contributed by atoms with Crippen LogP contribution < -0.4 is 0 Å². The second-order valence-electron chi connectivity index (χ2n) is 8.96. The van der Waals surface area contributed by atoms with Crippen LogP contribution in [0.3, 0.4) is 0 Å². The molecule has 0 aliphatic heterocycles. The fourth-order valence-corrected chi connectivity index (χ4v) is 5.04. The van der Waals surface area contributed by atoms with Crippen LogP contribution >= 0.6 is 11.8 Å². The van der Waals surface area contributed by atoms with E-state index in [0.717, 1.165) is 41.5 Å². The fourth-order valence-electron chi connectivity index (χ4n) is 4.67. The number of rotatable bonds is 12. The zero-order valence-electron chi connectivity index (χ0n) is 23.1. The van der Waals surface area contributed by atoms with Gasteiger partial charge in [0.05, 0.1) is 13.1 Å². The van der Waals surface area contributed by atoms with Crippen LogP contribution in [-0.4, -0.2) is 114 Å². The van der Waals surface area contributed by atoms with Crippen molar-refractivity contribution >= 4 is 42.2 Å². The van der Waals surface area contributed by atoms with E-state index in [2.05, 4.69) is 30.9 Å². The van der Waals surface area contributed by atoms with E-state index in [4.69, 9.17) is 34.0 Å². The average Bonchev–Trinajstić information content (AvgIpc) is 2.90. The van der Waals surface area contributed by atoms with Crippen LogP contribution in [0.5, 0.6) is 0 Å². The van der Waals surface area contributed by atoms with Gasteiger partial charge >= 0.3 is 30.4 Å². The van der Waals surface area contributed by atoms with Gasteiger partial charge in [-0.1, -0.05) is 25.0 Å². The van der Waals surface area contributed by atoms with Crippen molar-refractivity contribution in [1.29, 1.82) is 5.26 Å². The molecule has 0 bridgehead atoms. The molecular formula is C26H34N4O10S. The van der Waals surface area contributed by atoms with E-state index in [1.807, 2.05) is 29.7 Å². The number of hydrogen-bond donors (Lipinski definition) is 2. The summed E-state index contributed by atoms with van der Waals surface area (Å²) in [6, 6.07) is 8.07. The molecule has 0 heterocycles. The Hall–Kier alpha value is -3.98. The highest BCUT2D eigenvalue weighted by atomic mass is 32.2. The molecule has 0 aromatic heterocycles. The first-order chi connectivity index (χ1) is 19.4. The monoisotopic (exact) mass is 594 g/mol. The van der Waals surface area contributed by atoms with E-state index in [-0.39, 0.29) is 37.6 Å².